The van der Waals surface area contributed by atoms with Crippen molar-refractivity contribution in [2.45, 2.75) is 25.3 Å². The number of rotatable bonds is 3. The van der Waals surface area contributed by atoms with Gasteiger partial charge in [-0.15, -0.1) is 11.3 Å². The molecule has 3 rings (SSSR count). The Morgan fingerprint density at radius 2 is 2.20 bits per heavy atom. The standard InChI is InChI=1S/C14H17NO4S/c1-15(10-7-19-6-9(10)14(17)18)13(16)12-5-8-3-2-4-11(8)20-12/h5,9-10H,2-4,6-7H2,1H3,(H,17,18). The fourth-order valence-corrected chi connectivity index (χ4v) is 4.16. The molecule has 0 saturated carbocycles. The molecule has 1 amide bonds. The molecule has 2 atom stereocenters. The molecule has 0 bridgehead atoms. The smallest absolute Gasteiger partial charge is 0.311 e. The second-order valence-electron chi connectivity index (χ2n) is 5.38. The Labute approximate surface area is 121 Å². The summed E-state index contributed by atoms with van der Waals surface area (Å²) >= 11 is 1.55. The van der Waals surface area contributed by atoms with Gasteiger partial charge in [-0.25, -0.2) is 0 Å². The van der Waals surface area contributed by atoms with Gasteiger partial charge in [0.25, 0.3) is 5.91 Å². The van der Waals surface area contributed by atoms with Crippen molar-refractivity contribution in [1.82, 2.24) is 4.90 Å². The van der Waals surface area contributed by atoms with Gasteiger partial charge < -0.3 is 14.7 Å². The van der Waals surface area contributed by atoms with Crippen molar-refractivity contribution in [2.24, 2.45) is 5.92 Å². The summed E-state index contributed by atoms with van der Waals surface area (Å²) in [6, 6.07) is 1.59. The maximum atomic E-state index is 12.5. The minimum Gasteiger partial charge on any atom is -0.481 e. The van der Waals surface area contributed by atoms with E-state index in [0.717, 1.165) is 12.8 Å². The number of hydrogen-bond donors (Lipinski definition) is 1. The second-order valence-corrected chi connectivity index (χ2v) is 6.51. The van der Waals surface area contributed by atoms with Crippen molar-refractivity contribution in [2.75, 3.05) is 20.3 Å². The van der Waals surface area contributed by atoms with Crippen LogP contribution in [0.25, 0.3) is 0 Å². The van der Waals surface area contributed by atoms with Crippen molar-refractivity contribution >= 4 is 23.2 Å². The Morgan fingerprint density at radius 1 is 1.40 bits per heavy atom. The average molecular weight is 295 g/mol. The van der Waals surface area contributed by atoms with E-state index in [1.165, 1.54) is 21.8 Å². The highest BCUT2D eigenvalue weighted by Gasteiger charge is 2.39. The number of aryl methyl sites for hydroxylation is 2. The highest BCUT2D eigenvalue weighted by molar-refractivity contribution is 7.14. The number of fused-ring (bicyclic) bond motifs is 1. The van der Waals surface area contributed by atoms with Gasteiger partial charge in [0, 0.05) is 11.9 Å². The number of aliphatic carboxylic acids is 1. The molecular weight excluding hydrogens is 278 g/mol. The molecule has 1 N–H and O–H groups in total. The largest absolute Gasteiger partial charge is 0.481 e. The molecule has 1 saturated heterocycles. The summed E-state index contributed by atoms with van der Waals surface area (Å²) in [5.41, 5.74) is 1.28. The molecule has 1 aliphatic carbocycles. The van der Waals surface area contributed by atoms with Gasteiger partial charge in [-0.05, 0) is 30.9 Å². The Bertz CT molecular complexity index is 532. The number of amides is 1. The first-order valence-corrected chi connectivity index (χ1v) is 7.59. The van der Waals surface area contributed by atoms with Crippen molar-refractivity contribution in [3.8, 4) is 0 Å². The molecule has 1 aliphatic heterocycles. The lowest BCUT2D eigenvalue weighted by Gasteiger charge is -2.25. The molecule has 2 aliphatic rings. The Hall–Kier alpha value is -1.40. The van der Waals surface area contributed by atoms with Gasteiger partial charge in [-0.2, -0.15) is 0 Å². The molecule has 6 heteroatoms. The zero-order valence-corrected chi connectivity index (χ0v) is 12.1. The van der Waals surface area contributed by atoms with Gasteiger partial charge in [0.1, 0.15) is 5.92 Å². The van der Waals surface area contributed by atoms with Crippen molar-refractivity contribution in [3.05, 3.63) is 21.4 Å². The zero-order chi connectivity index (χ0) is 14.3. The monoisotopic (exact) mass is 295 g/mol. The van der Waals surface area contributed by atoms with E-state index < -0.39 is 11.9 Å². The number of thiophene rings is 1. The predicted octanol–water partition coefficient (Wildman–Crippen LogP) is 1.41. The van der Waals surface area contributed by atoms with Crippen LogP contribution in [0.1, 0.15) is 26.5 Å². The van der Waals surface area contributed by atoms with E-state index in [0.29, 0.717) is 11.5 Å². The van der Waals surface area contributed by atoms with Gasteiger partial charge in [0.2, 0.25) is 0 Å². The third-order valence-electron chi connectivity index (χ3n) is 4.14. The lowest BCUT2D eigenvalue weighted by atomic mass is 10.0. The normalized spacial score (nSPS) is 24.6. The topological polar surface area (TPSA) is 66.8 Å². The summed E-state index contributed by atoms with van der Waals surface area (Å²) in [5.74, 6) is -1.62. The molecule has 20 heavy (non-hydrogen) atoms. The van der Waals surface area contributed by atoms with Crippen LogP contribution in [0, 0.1) is 5.92 Å². The fraction of sp³-hybridized carbons (Fsp3) is 0.571. The van der Waals surface area contributed by atoms with Crippen molar-refractivity contribution in [1.29, 1.82) is 0 Å². The van der Waals surface area contributed by atoms with Crippen LogP contribution in [0.4, 0.5) is 0 Å². The number of hydrogen-bond acceptors (Lipinski definition) is 4. The first-order chi connectivity index (χ1) is 9.58. The Kier molecular flexibility index (Phi) is 3.52. The summed E-state index contributed by atoms with van der Waals surface area (Å²) in [6.07, 6.45) is 3.28. The number of likely N-dealkylation sites (N-methyl/N-ethyl adjacent to an activating group) is 1. The minimum atomic E-state index is -0.902. The molecule has 2 heterocycles. The van der Waals surface area contributed by atoms with Gasteiger partial charge in [-0.3, -0.25) is 9.59 Å². The molecule has 2 unspecified atom stereocenters. The minimum absolute atomic E-state index is 0.0915. The Balaban J connectivity index is 1.77. The summed E-state index contributed by atoms with van der Waals surface area (Å²) in [5, 5.41) is 9.16. The molecule has 1 fully saturated rings. The average Bonchev–Trinajstić information content (AvgIpc) is 3.10. The molecular formula is C14H17NO4S. The van der Waals surface area contributed by atoms with E-state index in [9.17, 15) is 9.59 Å². The number of ether oxygens (including phenoxy) is 1. The van der Waals surface area contributed by atoms with Crippen LogP contribution in [0.3, 0.4) is 0 Å². The number of carbonyl (C=O) groups excluding carboxylic acids is 1. The van der Waals surface area contributed by atoms with Crippen LogP contribution in [0.2, 0.25) is 0 Å². The molecule has 1 aromatic heterocycles. The van der Waals surface area contributed by atoms with Gasteiger partial charge >= 0.3 is 5.97 Å². The van der Waals surface area contributed by atoms with Crippen LogP contribution in [-0.4, -0.2) is 48.2 Å². The van der Waals surface area contributed by atoms with Crippen molar-refractivity contribution < 1.29 is 19.4 Å². The highest BCUT2D eigenvalue weighted by atomic mass is 32.1. The number of carbonyl (C=O) groups is 2. The molecule has 0 aromatic carbocycles. The first kappa shape index (κ1) is 13.6. The van der Waals surface area contributed by atoms with E-state index >= 15 is 0 Å². The van der Waals surface area contributed by atoms with E-state index in [1.807, 2.05) is 6.07 Å². The lowest BCUT2D eigenvalue weighted by molar-refractivity contribution is -0.142. The highest BCUT2D eigenvalue weighted by Crippen LogP contribution is 2.32. The van der Waals surface area contributed by atoms with Crippen LogP contribution in [0.5, 0.6) is 0 Å². The summed E-state index contributed by atoms with van der Waals surface area (Å²) in [6.45, 7) is 0.475. The zero-order valence-electron chi connectivity index (χ0n) is 11.3. The number of carboxylic acids is 1. The van der Waals surface area contributed by atoms with Crippen LogP contribution in [0.15, 0.2) is 6.07 Å². The molecule has 1 aromatic rings. The third kappa shape index (κ3) is 2.23. The number of carboxylic acid groups (broad SMARTS) is 1. The Morgan fingerprint density at radius 3 is 2.90 bits per heavy atom. The first-order valence-electron chi connectivity index (χ1n) is 6.77. The van der Waals surface area contributed by atoms with Gasteiger partial charge in [0.05, 0.1) is 24.1 Å². The second kappa shape index (κ2) is 5.18. The molecule has 108 valence electrons. The quantitative estimate of drug-likeness (QED) is 0.915. The van der Waals surface area contributed by atoms with Gasteiger partial charge in [0.15, 0.2) is 0 Å². The van der Waals surface area contributed by atoms with E-state index in [1.54, 1.807) is 18.4 Å². The fourth-order valence-electron chi connectivity index (χ4n) is 2.92. The van der Waals surface area contributed by atoms with Crippen molar-refractivity contribution in [3.63, 3.8) is 0 Å². The lowest BCUT2D eigenvalue weighted by Crippen LogP contribution is -2.43. The number of nitrogens with zero attached hydrogens (tertiary/aromatic N) is 1. The summed E-state index contributed by atoms with van der Waals surface area (Å²) in [4.78, 5) is 27.2. The van der Waals surface area contributed by atoms with E-state index in [2.05, 4.69) is 0 Å². The molecule has 0 radical (unpaired) electrons. The van der Waals surface area contributed by atoms with Crippen LogP contribution < -0.4 is 0 Å². The van der Waals surface area contributed by atoms with E-state index in [4.69, 9.17) is 9.84 Å². The molecule has 5 nitrogen and oxygen atoms in total. The maximum Gasteiger partial charge on any atom is 0.311 e. The maximum absolute atomic E-state index is 12.5. The molecule has 0 spiro atoms. The van der Waals surface area contributed by atoms with Crippen LogP contribution in [-0.2, 0) is 22.4 Å². The SMILES string of the molecule is CN(C(=O)c1cc2c(s1)CCC2)C1COCC1C(=O)O. The third-order valence-corrected chi connectivity index (χ3v) is 5.37. The summed E-state index contributed by atoms with van der Waals surface area (Å²) in [7, 11) is 1.67. The van der Waals surface area contributed by atoms with Gasteiger partial charge in [-0.1, -0.05) is 0 Å². The van der Waals surface area contributed by atoms with Crippen LogP contribution >= 0.6 is 11.3 Å². The predicted molar refractivity (Wildman–Crippen MR) is 74.2 cm³/mol. The summed E-state index contributed by atoms with van der Waals surface area (Å²) < 4.78 is 5.23. The van der Waals surface area contributed by atoms with E-state index in [-0.39, 0.29) is 18.6 Å².